The molecule has 1 N–H and O–H groups in total. The van der Waals surface area contributed by atoms with Crippen molar-refractivity contribution in [3.8, 4) is 0 Å². The molecule has 0 aliphatic carbocycles. The molecule has 0 bridgehead atoms. The second-order valence-electron chi connectivity index (χ2n) is 3.60. The van der Waals surface area contributed by atoms with Gasteiger partial charge in [0.25, 0.3) is 0 Å². The summed E-state index contributed by atoms with van der Waals surface area (Å²) < 4.78 is 4.74. The van der Waals surface area contributed by atoms with E-state index in [1.54, 1.807) is 6.92 Å². The lowest BCUT2D eigenvalue weighted by molar-refractivity contribution is 0.0512. The number of carboxylic acids is 1. The lowest BCUT2D eigenvalue weighted by atomic mass is 10.0. The predicted octanol–water partition coefficient (Wildman–Crippen LogP) is 1.47. The maximum Gasteiger partial charge on any atom is 0.355 e. The molecule has 0 unspecified atom stereocenters. The lowest BCUT2D eigenvalue weighted by Crippen LogP contribution is -2.16. The predicted molar refractivity (Wildman–Crippen MR) is 61.9 cm³/mol. The van der Waals surface area contributed by atoms with Gasteiger partial charge in [0.15, 0.2) is 11.5 Å². The van der Waals surface area contributed by atoms with Crippen molar-refractivity contribution in [1.29, 1.82) is 0 Å². The Morgan fingerprint density at radius 1 is 1.33 bits per heavy atom. The zero-order chi connectivity index (χ0) is 13.9. The molecule has 0 aliphatic heterocycles. The number of nitrogens with zero attached hydrogens (tertiary/aromatic N) is 1. The molecule has 1 heterocycles. The average Bonchev–Trinajstić information content (AvgIpc) is 2.28. The van der Waals surface area contributed by atoms with Gasteiger partial charge in [0.1, 0.15) is 0 Å². The van der Waals surface area contributed by atoms with E-state index in [1.807, 2.05) is 0 Å². The minimum atomic E-state index is -1.34. The van der Waals surface area contributed by atoms with E-state index in [1.165, 1.54) is 19.9 Å². The van der Waals surface area contributed by atoms with E-state index in [4.69, 9.17) is 9.84 Å². The van der Waals surface area contributed by atoms with Crippen molar-refractivity contribution in [3.63, 3.8) is 0 Å². The highest BCUT2D eigenvalue weighted by Gasteiger charge is 2.22. The Hall–Kier alpha value is -2.24. The number of ether oxygens (including phenoxy) is 1. The monoisotopic (exact) mass is 251 g/mol. The summed E-state index contributed by atoms with van der Waals surface area (Å²) in [4.78, 5) is 37.7. The van der Waals surface area contributed by atoms with Crippen molar-refractivity contribution in [2.45, 2.75) is 20.8 Å². The van der Waals surface area contributed by atoms with Gasteiger partial charge in [-0.15, -0.1) is 0 Å². The Labute approximate surface area is 104 Å². The van der Waals surface area contributed by atoms with Crippen LogP contribution in [0.1, 0.15) is 50.7 Å². The van der Waals surface area contributed by atoms with Gasteiger partial charge >= 0.3 is 11.9 Å². The third-order valence-electron chi connectivity index (χ3n) is 2.29. The summed E-state index contributed by atoms with van der Waals surface area (Å²) in [5, 5.41) is 8.98. The maximum atomic E-state index is 11.6. The van der Waals surface area contributed by atoms with Crippen molar-refractivity contribution in [2.24, 2.45) is 0 Å². The van der Waals surface area contributed by atoms with Crippen molar-refractivity contribution < 1.29 is 24.2 Å². The third kappa shape index (κ3) is 2.71. The molecule has 6 nitrogen and oxygen atoms in total. The Morgan fingerprint density at radius 3 is 2.39 bits per heavy atom. The summed E-state index contributed by atoms with van der Waals surface area (Å²) in [6.07, 6.45) is 0. The first kappa shape index (κ1) is 13.8. The molecular weight excluding hydrogens is 238 g/mol. The highest BCUT2D eigenvalue weighted by molar-refractivity contribution is 6.04. The topological polar surface area (TPSA) is 93.6 Å². The highest BCUT2D eigenvalue weighted by Crippen LogP contribution is 2.15. The number of esters is 1. The molecule has 0 atom stereocenters. The van der Waals surface area contributed by atoms with Crippen molar-refractivity contribution >= 4 is 17.7 Å². The maximum absolute atomic E-state index is 11.6. The second kappa shape index (κ2) is 5.39. The van der Waals surface area contributed by atoms with Crippen LogP contribution in [0, 0.1) is 6.92 Å². The van der Waals surface area contributed by atoms with Crippen LogP contribution in [0.5, 0.6) is 0 Å². The van der Waals surface area contributed by atoms with Crippen molar-refractivity contribution in [2.75, 3.05) is 6.61 Å². The van der Waals surface area contributed by atoms with Crippen LogP contribution < -0.4 is 0 Å². The number of Topliss-reactive ketones (excluding diaryl/α,β-unsaturated/α-hetero) is 1. The Bertz CT molecular complexity index is 521. The minimum absolute atomic E-state index is 0.112. The van der Waals surface area contributed by atoms with Crippen LogP contribution in [0.15, 0.2) is 6.07 Å². The molecule has 0 amide bonds. The van der Waals surface area contributed by atoms with E-state index < -0.39 is 17.6 Å². The van der Waals surface area contributed by atoms with Gasteiger partial charge in [0.05, 0.1) is 12.2 Å². The van der Waals surface area contributed by atoms with Gasteiger partial charge in [-0.1, -0.05) is 0 Å². The van der Waals surface area contributed by atoms with Gasteiger partial charge in [-0.2, -0.15) is 0 Å². The molecule has 1 aromatic heterocycles. The number of aromatic carboxylic acids is 1. The van der Waals surface area contributed by atoms with Gasteiger partial charge in [0.2, 0.25) is 0 Å². The average molecular weight is 251 g/mol. The first-order chi connectivity index (χ1) is 8.38. The Morgan fingerprint density at radius 2 is 1.94 bits per heavy atom. The number of rotatable bonds is 4. The van der Waals surface area contributed by atoms with Gasteiger partial charge in [-0.3, -0.25) is 4.79 Å². The smallest absolute Gasteiger partial charge is 0.355 e. The van der Waals surface area contributed by atoms with E-state index in [-0.39, 0.29) is 29.2 Å². The van der Waals surface area contributed by atoms with E-state index >= 15 is 0 Å². The Kier molecular flexibility index (Phi) is 4.14. The number of carbonyl (C=O) groups is 3. The largest absolute Gasteiger partial charge is 0.476 e. The summed E-state index contributed by atoms with van der Waals surface area (Å²) in [6, 6.07) is 1.21. The number of carboxylic acid groups (broad SMARTS) is 1. The van der Waals surface area contributed by atoms with Crippen LogP contribution >= 0.6 is 0 Å². The van der Waals surface area contributed by atoms with E-state index in [0.717, 1.165) is 0 Å². The fraction of sp³-hybridized carbons (Fsp3) is 0.333. The van der Waals surface area contributed by atoms with E-state index in [9.17, 15) is 14.4 Å². The third-order valence-corrected chi connectivity index (χ3v) is 2.29. The second-order valence-corrected chi connectivity index (χ2v) is 3.60. The van der Waals surface area contributed by atoms with Gasteiger partial charge in [0, 0.05) is 11.3 Å². The zero-order valence-electron chi connectivity index (χ0n) is 10.3. The summed E-state index contributed by atoms with van der Waals surface area (Å²) in [7, 11) is 0. The summed E-state index contributed by atoms with van der Waals surface area (Å²) in [6.45, 7) is 4.55. The molecule has 0 aromatic carbocycles. The Balaban J connectivity index is 3.44. The molecule has 0 saturated carbocycles. The molecule has 0 spiro atoms. The first-order valence-corrected chi connectivity index (χ1v) is 5.31. The quantitative estimate of drug-likeness (QED) is 0.643. The van der Waals surface area contributed by atoms with Crippen LogP contribution in [0.25, 0.3) is 0 Å². The molecule has 0 fully saturated rings. The zero-order valence-corrected chi connectivity index (χ0v) is 10.3. The van der Waals surface area contributed by atoms with Crippen LogP contribution in [0.2, 0.25) is 0 Å². The SMILES string of the molecule is CCOC(=O)c1cc(C(C)=O)c(C)nc1C(=O)O. The van der Waals surface area contributed by atoms with E-state index in [0.29, 0.717) is 0 Å². The van der Waals surface area contributed by atoms with Crippen molar-refractivity contribution in [1.82, 2.24) is 4.98 Å². The molecule has 0 radical (unpaired) electrons. The molecule has 0 saturated heterocycles. The molecular formula is C12H13NO5. The minimum Gasteiger partial charge on any atom is -0.476 e. The van der Waals surface area contributed by atoms with Gasteiger partial charge in [-0.25, -0.2) is 14.6 Å². The fourth-order valence-corrected chi connectivity index (χ4v) is 1.49. The van der Waals surface area contributed by atoms with Crippen LogP contribution in [0.3, 0.4) is 0 Å². The summed E-state index contributed by atoms with van der Waals surface area (Å²) in [5.74, 6) is -2.43. The number of hydrogen-bond donors (Lipinski definition) is 1. The normalized spacial score (nSPS) is 9.94. The molecule has 1 rings (SSSR count). The van der Waals surface area contributed by atoms with Gasteiger partial charge in [-0.05, 0) is 26.8 Å². The molecule has 0 aliphatic rings. The molecule has 96 valence electrons. The number of ketones is 1. The van der Waals surface area contributed by atoms with Crippen LogP contribution in [-0.4, -0.2) is 34.4 Å². The summed E-state index contributed by atoms with van der Waals surface area (Å²) in [5.41, 5.74) is -0.132. The lowest BCUT2D eigenvalue weighted by Gasteiger charge is -2.08. The first-order valence-electron chi connectivity index (χ1n) is 5.31. The van der Waals surface area contributed by atoms with Crippen LogP contribution in [-0.2, 0) is 4.74 Å². The van der Waals surface area contributed by atoms with E-state index in [2.05, 4.69) is 4.98 Å². The number of aromatic nitrogens is 1. The number of aryl methyl sites for hydroxylation is 1. The molecule has 6 heteroatoms. The van der Waals surface area contributed by atoms with Gasteiger partial charge < -0.3 is 9.84 Å². The number of carbonyl (C=O) groups excluding carboxylic acids is 2. The number of hydrogen-bond acceptors (Lipinski definition) is 5. The standard InChI is InChI=1S/C12H13NO5/c1-4-18-12(17)9-5-8(7(3)14)6(2)13-10(9)11(15)16/h5H,4H2,1-3H3,(H,15,16). The van der Waals surface area contributed by atoms with Crippen molar-refractivity contribution in [3.05, 3.63) is 28.6 Å². The summed E-state index contributed by atoms with van der Waals surface area (Å²) >= 11 is 0. The molecule has 1 aromatic rings. The fourth-order valence-electron chi connectivity index (χ4n) is 1.49. The highest BCUT2D eigenvalue weighted by atomic mass is 16.5. The van der Waals surface area contributed by atoms with Crippen LogP contribution in [0.4, 0.5) is 0 Å². The number of pyridine rings is 1. The molecule has 18 heavy (non-hydrogen) atoms.